The first kappa shape index (κ1) is 13.5. The third kappa shape index (κ3) is 2.58. The van der Waals surface area contributed by atoms with Crippen LogP contribution in [-0.2, 0) is 0 Å². The molecule has 0 saturated heterocycles. The topological polar surface area (TPSA) is 38.1 Å². The molecule has 1 unspecified atom stereocenters. The first-order valence-electron chi connectivity index (χ1n) is 5.93. The van der Waals surface area contributed by atoms with Crippen molar-refractivity contribution in [3.8, 4) is 0 Å². The Morgan fingerprint density at radius 1 is 1.38 bits per heavy atom. The van der Waals surface area contributed by atoms with E-state index >= 15 is 0 Å². The number of aromatic nitrogens is 2. The van der Waals surface area contributed by atoms with Crippen molar-refractivity contribution in [3.63, 3.8) is 0 Å². The molecule has 0 aliphatic heterocycles. The van der Waals surface area contributed by atoms with Gasteiger partial charge in [-0.1, -0.05) is 38.3 Å². The van der Waals surface area contributed by atoms with Crippen LogP contribution in [0.15, 0.2) is 6.20 Å². The predicted molar refractivity (Wildman–Crippen MR) is 66.7 cm³/mol. The molecule has 16 heavy (non-hydrogen) atoms. The van der Waals surface area contributed by atoms with Crippen LogP contribution in [0.5, 0.6) is 0 Å². The highest BCUT2D eigenvalue weighted by molar-refractivity contribution is 6.31. The normalized spacial score (nSPS) is 13.8. The molecule has 1 aromatic rings. The van der Waals surface area contributed by atoms with Crippen LogP contribution in [0.4, 0.5) is 0 Å². The van der Waals surface area contributed by atoms with Gasteiger partial charge in [-0.3, -0.25) is 4.68 Å². The molecule has 4 heteroatoms. The second kappa shape index (κ2) is 5.69. The van der Waals surface area contributed by atoms with Crippen LogP contribution in [0.2, 0.25) is 5.02 Å². The molecular formula is C12H21ClN2O. The lowest BCUT2D eigenvalue weighted by molar-refractivity contribution is 0.0929. The molecule has 0 spiro atoms. The number of rotatable bonds is 5. The van der Waals surface area contributed by atoms with Crippen molar-refractivity contribution in [1.29, 1.82) is 0 Å². The Morgan fingerprint density at radius 2 is 1.94 bits per heavy atom. The second-order valence-corrected chi connectivity index (χ2v) is 4.84. The molecule has 1 N–H and O–H groups in total. The summed E-state index contributed by atoms with van der Waals surface area (Å²) in [6, 6.07) is 0.214. The Balaban J connectivity index is 3.05. The minimum atomic E-state index is -0.521. The van der Waals surface area contributed by atoms with E-state index in [4.69, 9.17) is 11.6 Å². The second-order valence-electron chi connectivity index (χ2n) is 4.44. The Morgan fingerprint density at radius 3 is 2.38 bits per heavy atom. The van der Waals surface area contributed by atoms with E-state index in [2.05, 4.69) is 18.9 Å². The van der Waals surface area contributed by atoms with Gasteiger partial charge in [0, 0.05) is 6.04 Å². The number of halogens is 1. The summed E-state index contributed by atoms with van der Waals surface area (Å²) in [6.45, 7) is 8.24. The molecule has 0 fully saturated rings. The van der Waals surface area contributed by atoms with E-state index in [0.717, 1.165) is 18.5 Å². The van der Waals surface area contributed by atoms with Crippen molar-refractivity contribution in [2.24, 2.45) is 5.92 Å². The van der Waals surface area contributed by atoms with Crippen LogP contribution in [0.3, 0.4) is 0 Å². The van der Waals surface area contributed by atoms with Crippen LogP contribution in [0, 0.1) is 5.92 Å². The summed E-state index contributed by atoms with van der Waals surface area (Å²) in [6.07, 6.45) is 2.98. The molecule has 0 aliphatic carbocycles. The summed E-state index contributed by atoms with van der Waals surface area (Å²) in [7, 11) is 0. The zero-order chi connectivity index (χ0) is 12.3. The van der Waals surface area contributed by atoms with Crippen molar-refractivity contribution in [1.82, 2.24) is 9.78 Å². The Labute approximate surface area is 102 Å². The van der Waals surface area contributed by atoms with Gasteiger partial charge in [0.25, 0.3) is 0 Å². The summed E-state index contributed by atoms with van der Waals surface area (Å²) in [5, 5.41) is 15.1. The van der Waals surface area contributed by atoms with Crippen molar-refractivity contribution in [3.05, 3.63) is 16.9 Å². The van der Waals surface area contributed by atoms with Crippen LogP contribution < -0.4 is 0 Å². The first-order chi connectivity index (χ1) is 7.52. The van der Waals surface area contributed by atoms with E-state index in [1.807, 2.05) is 18.5 Å². The third-order valence-electron chi connectivity index (χ3n) is 3.05. The van der Waals surface area contributed by atoms with Crippen molar-refractivity contribution >= 4 is 11.6 Å². The summed E-state index contributed by atoms with van der Waals surface area (Å²) in [5.74, 6) is 0.242. The predicted octanol–water partition coefficient (Wildman–Crippen LogP) is 3.59. The molecular weight excluding hydrogens is 224 g/mol. The zero-order valence-electron chi connectivity index (χ0n) is 10.4. The van der Waals surface area contributed by atoms with E-state index in [9.17, 15) is 5.11 Å². The van der Waals surface area contributed by atoms with Crippen molar-refractivity contribution < 1.29 is 5.11 Å². The Kier molecular flexibility index (Phi) is 4.81. The van der Waals surface area contributed by atoms with Crippen LogP contribution in [0.25, 0.3) is 0 Å². The maximum atomic E-state index is 10.3. The highest BCUT2D eigenvalue weighted by atomic mass is 35.5. The molecule has 0 aliphatic rings. The van der Waals surface area contributed by atoms with Gasteiger partial charge in [-0.05, 0) is 19.8 Å². The van der Waals surface area contributed by atoms with Gasteiger partial charge in [-0.15, -0.1) is 0 Å². The SMILES string of the molecule is CCC(CC)C(O)c1c(Cl)cnn1C(C)C. The average Bonchev–Trinajstić information content (AvgIpc) is 2.61. The van der Waals surface area contributed by atoms with E-state index in [1.165, 1.54) is 0 Å². The van der Waals surface area contributed by atoms with Gasteiger partial charge in [-0.2, -0.15) is 5.10 Å². The Hall–Kier alpha value is -0.540. The number of nitrogens with zero attached hydrogens (tertiary/aromatic N) is 2. The molecule has 0 amide bonds. The van der Waals surface area contributed by atoms with Gasteiger partial charge in [0.2, 0.25) is 0 Å². The molecule has 0 radical (unpaired) electrons. The lowest BCUT2D eigenvalue weighted by Gasteiger charge is -2.22. The number of aliphatic hydroxyl groups excluding tert-OH is 1. The maximum Gasteiger partial charge on any atom is 0.0999 e. The summed E-state index contributed by atoms with van der Waals surface area (Å²) in [4.78, 5) is 0. The van der Waals surface area contributed by atoms with E-state index < -0.39 is 6.10 Å². The van der Waals surface area contributed by atoms with Gasteiger partial charge in [0.15, 0.2) is 0 Å². The quantitative estimate of drug-likeness (QED) is 0.860. The molecule has 1 rings (SSSR count). The summed E-state index contributed by atoms with van der Waals surface area (Å²) < 4.78 is 1.81. The van der Waals surface area contributed by atoms with Gasteiger partial charge >= 0.3 is 0 Å². The smallest absolute Gasteiger partial charge is 0.0999 e. The lowest BCUT2D eigenvalue weighted by Crippen LogP contribution is -2.17. The van der Waals surface area contributed by atoms with Gasteiger partial charge < -0.3 is 5.11 Å². The van der Waals surface area contributed by atoms with Crippen LogP contribution in [-0.4, -0.2) is 14.9 Å². The molecule has 0 aromatic carbocycles. The highest BCUT2D eigenvalue weighted by Gasteiger charge is 2.25. The fourth-order valence-electron chi connectivity index (χ4n) is 2.00. The van der Waals surface area contributed by atoms with Crippen molar-refractivity contribution in [2.45, 2.75) is 52.7 Å². The van der Waals surface area contributed by atoms with Gasteiger partial charge in [0.05, 0.1) is 23.0 Å². The molecule has 0 bridgehead atoms. The van der Waals surface area contributed by atoms with Crippen LogP contribution in [0.1, 0.15) is 58.4 Å². The number of aliphatic hydroxyl groups is 1. The number of hydrogen-bond donors (Lipinski definition) is 1. The standard InChI is InChI=1S/C12H21ClN2O/c1-5-9(6-2)12(16)11-10(13)7-14-15(11)8(3)4/h7-9,12,16H,5-6H2,1-4H3. The minimum Gasteiger partial charge on any atom is -0.386 e. The van der Waals surface area contributed by atoms with E-state index in [1.54, 1.807) is 6.20 Å². The first-order valence-corrected chi connectivity index (χ1v) is 6.31. The van der Waals surface area contributed by atoms with E-state index in [0.29, 0.717) is 5.02 Å². The fourth-order valence-corrected chi connectivity index (χ4v) is 2.24. The lowest BCUT2D eigenvalue weighted by atomic mass is 9.94. The van der Waals surface area contributed by atoms with Gasteiger partial charge in [-0.25, -0.2) is 0 Å². The zero-order valence-corrected chi connectivity index (χ0v) is 11.2. The highest BCUT2D eigenvalue weighted by Crippen LogP contribution is 2.33. The van der Waals surface area contributed by atoms with Gasteiger partial charge in [0.1, 0.15) is 0 Å². The average molecular weight is 245 g/mol. The molecule has 1 atom stereocenters. The number of hydrogen-bond acceptors (Lipinski definition) is 2. The molecule has 1 aromatic heterocycles. The molecule has 3 nitrogen and oxygen atoms in total. The van der Waals surface area contributed by atoms with Crippen LogP contribution >= 0.6 is 11.6 Å². The summed E-state index contributed by atoms with van der Waals surface area (Å²) in [5.41, 5.74) is 0.755. The largest absolute Gasteiger partial charge is 0.386 e. The minimum absolute atomic E-state index is 0.214. The van der Waals surface area contributed by atoms with Crippen molar-refractivity contribution in [2.75, 3.05) is 0 Å². The molecule has 92 valence electrons. The third-order valence-corrected chi connectivity index (χ3v) is 3.34. The fraction of sp³-hybridized carbons (Fsp3) is 0.750. The molecule has 1 heterocycles. The maximum absolute atomic E-state index is 10.3. The Bertz CT molecular complexity index is 332. The van der Waals surface area contributed by atoms with E-state index in [-0.39, 0.29) is 12.0 Å². The summed E-state index contributed by atoms with van der Waals surface area (Å²) >= 11 is 6.10. The molecule has 0 saturated carbocycles. The monoisotopic (exact) mass is 244 g/mol.